The minimum Gasteiger partial charge on any atom is -0.336 e. The van der Waals surface area contributed by atoms with Gasteiger partial charge in [0.15, 0.2) is 0 Å². The highest BCUT2D eigenvalue weighted by Gasteiger charge is 2.32. The van der Waals surface area contributed by atoms with E-state index in [2.05, 4.69) is 15.8 Å². The quantitative estimate of drug-likeness (QED) is 0.848. The van der Waals surface area contributed by atoms with Crippen molar-refractivity contribution < 1.29 is 9.18 Å². The molecule has 0 saturated carbocycles. The summed E-state index contributed by atoms with van der Waals surface area (Å²) >= 11 is 5.96. The number of piperazine rings is 1. The minimum absolute atomic E-state index is 0.0359. The fourth-order valence-corrected chi connectivity index (χ4v) is 3.83. The summed E-state index contributed by atoms with van der Waals surface area (Å²) in [6.45, 7) is 2.94. The average Bonchev–Trinajstić information content (AvgIpc) is 3.19. The van der Waals surface area contributed by atoms with Gasteiger partial charge in [-0.2, -0.15) is 0 Å². The van der Waals surface area contributed by atoms with Crippen LogP contribution in [-0.2, 0) is 0 Å². The SMILES string of the molecule is O=C(c1ccc(F)cc1)N1CCN(C2CC(c3ccc(Cl)cc3)NN2)CC1. The molecule has 0 spiro atoms. The molecule has 142 valence electrons. The highest BCUT2D eigenvalue weighted by Crippen LogP contribution is 2.25. The van der Waals surface area contributed by atoms with Crippen LogP contribution in [0.2, 0.25) is 5.02 Å². The Balaban J connectivity index is 1.31. The smallest absolute Gasteiger partial charge is 0.253 e. The molecule has 2 aromatic rings. The van der Waals surface area contributed by atoms with Gasteiger partial charge in [-0.3, -0.25) is 9.69 Å². The van der Waals surface area contributed by atoms with Gasteiger partial charge in [0.05, 0.1) is 6.17 Å². The van der Waals surface area contributed by atoms with Gasteiger partial charge in [0.1, 0.15) is 5.82 Å². The number of halogens is 2. The summed E-state index contributed by atoms with van der Waals surface area (Å²) in [6.07, 6.45) is 1.18. The first-order valence-electron chi connectivity index (χ1n) is 9.15. The molecule has 1 amide bonds. The largest absolute Gasteiger partial charge is 0.336 e. The van der Waals surface area contributed by atoms with Crippen LogP contribution in [0.1, 0.15) is 28.4 Å². The summed E-state index contributed by atoms with van der Waals surface area (Å²) in [7, 11) is 0. The summed E-state index contributed by atoms with van der Waals surface area (Å²) in [5.41, 5.74) is 8.47. The van der Waals surface area contributed by atoms with Crippen LogP contribution in [0.3, 0.4) is 0 Å². The van der Waals surface area contributed by atoms with E-state index in [9.17, 15) is 9.18 Å². The van der Waals surface area contributed by atoms with Crippen LogP contribution in [0.25, 0.3) is 0 Å². The van der Waals surface area contributed by atoms with Crippen LogP contribution in [-0.4, -0.2) is 48.1 Å². The molecule has 0 aliphatic carbocycles. The maximum Gasteiger partial charge on any atom is 0.253 e. The lowest BCUT2D eigenvalue weighted by Crippen LogP contribution is -2.55. The van der Waals surface area contributed by atoms with Crippen molar-refractivity contribution in [3.8, 4) is 0 Å². The number of carbonyl (C=O) groups excluding carboxylic acids is 1. The second-order valence-electron chi connectivity index (χ2n) is 6.98. The molecule has 0 radical (unpaired) electrons. The Morgan fingerprint density at radius 1 is 0.963 bits per heavy atom. The van der Waals surface area contributed by atoms with Gasteiger partial charge in [-0.25, -0.2) is 15.2 Å². The second-order valence-corrected chi connectivity index (χ2v) is 7.42. The van der Waals surface area contributed by atoms with E-state index in [4.69, 9.17) is 11.6 Å². The summed E-state index contributed by atoms with van der Waals surface area (Å²) < 4.78 is 13.0. The molecular formula is C20H22ClFN4O. The van der Waals surface area contributed by atoms with Crippen LogP contribution >= 0.6 is 11.6 Å². The number of hydrogen-bond donors (Lipinski definition) is 2. The highest BCUT2D eigenvalue weighted by molar-refractivity contribution is 6.30. The molecule has 27 heavy (non-hydrogen) atoms. The van der Waals surface area contributed by atoms with E-state index in [1.54, 1.807) is 12.1 Å². The van der Waals surface area contributed by atoms with Crippen molar-refractivity contribution in [2.45, 2.75) is 18.6 Å². The molecule has 4 rings (SSSR count). The first-order valence-corrected chi connectivity index (χ1v) is 9.53. The Morgan fingerprint density at radius 2 is 1.63 bits per heavy atom. The third-order valence-corrected chi connectivity index (χ3v) is 5.54. The maximum absolute atomic E-state index is 13.0. The van der Waals surface area contributed by atoms with Gasteiger partial charge in [0.25, 0.3) is 5.91 Å². The van der Waals surface area contributed by atoms with Gasteiger partial charge in [-0.15, -0.1) is 0 Å². The minimum atomic E-state index is -0.327. The Kier molecular flexibility index (Phi) is 5.41. The molecule has 5 nitrogen and oxygen atoms in total. The number of amides is 1. The Hall–Kier alpha value is -1.99. The van der Waals surface area contributed by atoms with Crippen molar-refractivity contribution in [2.24, 2.45) is 0 Å². The van der Waals surface area contributed by atoms with Crippen molar-refractivity contribution in [1.29, 1.82) is 0 Å². The third kappa shape index (κ3) is 4.14. The lowest BCUT2D eigenvalue weighted by atomic mass is 10.0. The predicted octanol–water partition coefficient (Wildman–Crippen LogP) is 2.80. The standard InChI is InChI=1S/C20H22ClFN4O/c21-16-5-1-14(2-6-16)18-13-19(24-23-18)25-9-11-26(12-10-25)20(27)15-3-7-17(22)8-4-15/h1-8,18-19,23-24H,9-13H2. The van der Waals surface area contributed by atoms with Crippen LogP contribution in [0.5, 0.6) is 0 Å². The molecule has 2 unspecified atom stereocenters. The molecule has 0 bridgehead atoms. The number of nitrogens with one attached hydrogen (secondary N) is 2. The molecule has 7 heteroatoms. The van der Waals surface area contributed by atoms with Gasteiger partial charge in [0, 0.05) is 42.8 Å². The fraction of sp³-hybridized carbons (Fsp3) is 0.350. The summed E-state index contributed by atoms with van der Waals surface area (Å²) in [4.78, 5) is 16.7. The van der Waals surface area contributed by atoms with Crippen LogP contribution in [0.4, 0.5) is 4.39 Å². The number of hydrogen-bond acceptors (Lipinski definition) is 4. The van der Waals surface area contributed by atoms with Crippen molar-refractivity contribution in [1.82, 2.24) is 20.7 Å². The first kappa shape index (κ1) is 18.4. The van der Waals surface area contributed by atoms with E-state index in [1.165, 1.54) is 17.7 Å². The molecule has 2 N–H and O–H groups in total. The molecule has 2 aliphatic heterocycles. The van der Waals surface area contributed by atoms with Crippen LogP contribution in [0, 0.1) is 5.82 Å². The van der Waals surface area contributed by atoms with E-state index >= 15 is 0 Å². The molecule has 2 aromatic carbocycles. The summed E-state index contributed by atoms with van der Waals surface area (Å²) in [5.74, 6) is -0.363. The number of benzene rings is 2. The van der Waals surface area contributed by atoms with Crippen molar-refractivity contribution >= 4 is 17.5 Å². The molecule has 2 atom stereocenters. The molecular weight excluding hydrogens is 367 g/mol. The number of rotatable bonds is 3. The number of carbonyl (C=O) groups is 1. The zero-order chi connectivity index (χ0) is 18.8. The van der Waals surface area contributed by atoms with Crippen molar-refractivity contribution in [3.63, 3.8) is 0 Å². The molecule has 2 heterocycles. The van der Waals surface area contributed by atoms with E-state index in [1.807, 2.05) is 29.2 Å². The van der Waals surface area contributed by atoms with Gasteiger partial charge < -0.3 is 4.90 Å². The molecule has 2 saturated heterocycles. The van der Waals surface area contributed by atoms with Gasteiger partial charge in [-0.1, -0.05) is 23.7 Å². The fourth-order valence-electron chi connectivity index (χ4n) is 3.70. The lowest BCUT2D eigenvalue weighted by molar-refractivity contribution is 0.0545. The van der Waals surface area contributed by atoms with Gasteiger partial charge in [-0.05, 0) is 48.4 Å². The number of hydrazine groups is 1. The average molecular weight is 389 g/mol. The maximum atomic E-state index is 13.0. The molecule has 2 fully saturated rings. The van der Waals surface area contributed by atoms with E-state index in [-0.39, 0.29) is 23.9 Å². The molecule has 2 aliphatic rings. The number of nitrogens with zero attached hydrogens (tertiary/aromatic N) is 2. The summed E-state index contributed by atoms with van der Waals surface area (Å²) in [5, 5.41) is 0.739. The monoisotopic (exact) mass is 388 g/mol. The zero-order valence-corrected chi connectivity index (χ0v) is 15.6. The Morgan fingerprint density at radius 3 is 2.30 bits per heavy atom. The zero-order valence-electron chi connectivity index (χ0n) is 14.9. The predicted molar refractivity (Wildman–Crippen MR) is 103 cm³/mol. The lowest BCUT2D eigenvalue weighted by Gasteiger charge is -2.37. The van der Waals surface area contributed by atoms with Crippen molar-refractivity contribution in [3.05, 3.63) is 70.5 Å². The van der Waals surface area contributed by atoms with E-state index < -0.39 is 0 Å². The summed E-state index contributed by atoms with van der Waals surface area (Å²) in [6, 6.07) is 13.9. The highest BCUT2D eigenvalue weighted by atomic mass is 35.5. The Labute approximate surface area is 163 Å². The second kappa shape index (κ2) is 7.94. The van der Waals surface area contributed by atoms with Crippen molar-refractivity contribution in [2.75, 3.05) is 26.2 Å². The third-order valence-electron chi connectivity index (χ3n) is 5.29. The van der Waals surface area contributed by atoms with Crippen LogP contribution in [0.15, 0.2) is 48.5 Å². The van der Waals surface area contributed by atoms with Gasteiger partial charge in [0.2, 0.25) is 0 Å². The van der Waals surface area contributed by atoms with Crippen LogP contribution < -0.4 is 10.9 Å². The Bertz CT molecular complexity index is 791. The molecule has 0 aromatic heterocycles. The van der Waals surface area contributed by atoms with E-state index in [0.29, 0.717) is 18.7 Å². The normalized spacial score (nSPS) is 23.6. The topological polar surface area (TPSA) is 47.6 Å². The van der Waals surface area contributed by atoms with Gasteiger partial charge >= 0.3 is 0 Å². The van der Waals surface area contributed by atoms with E-state index in [0.717, 1.165) is 24.5 Å². The first-order chi connectivity index (χ1) is 13.1.